The number of hydrogen-bond donors (Lipinski definition) is 1. The zero-order valence-corrected chi connectivity index (χ0v) is 14.6. The van der Waals surface area contributed by atoms with Gasteiger partial charge in [0.1, 0.15) is 0 Å². The molecule has 4 nitrogen and oxygen atoms in total. The predicted molar refractivity (Wildman–Crippen MR) is 90.6 cm³/mol. The van der Waals surface area contributed by atoms with Gasteiger partial charge in [0.2, 0.25) is 5.91 Å². The van der Waals surface area contributed by atoms with Crippen LogP contribution in [0.2, 0.25) is 0 Å². The molecule has 1 saturated heterocycles. The maximum Gasteiger partial charge on any atom is 0.223 e. The van der Waals surface area contributed by atoms with Crippen molar-refractivity contribution in [3.63, 3.8) is 0 Å². The fourth-order valence-electron chi connectivity index (χ4n) is 3.06. The first-order valence-electron chi connectivity index (χ1n) is 8.13. The lowest BCUT2D eigenvalue weighted by Gasteiger charge is -2.28. The summed E-state index contributed by atoms with van der Waals surface area (Å²) in [6.45, 7) is 8.71. The molecule has 1 fully saturated rings. The highest BCUT2D eigenvalue weighted by Crippen LogP contribution is 2.22. The van der Waals surface area contributed by atoms with Gasteiger partial charge in [-0.05, 0) is 39.3 Å². The first kappa shape index (κ1) is 17.2. The Bertz CT molecular complexity index is 533. The largest absolute Gasteiger partial charge is 0.338 e. The highest BCUT2D eigenvalue weighted by molar-refractivity contribution is 7.12. The van der Waals surface area contributed by atoms with E-state index in [0.29, 0.717) is 18.9 Å². The van der Waals surface area contributed by atoms with Gasteiger partial charge >= 0.3 is 0 Å². The Balaban J connectivity index is 1.92. The average Bonchev–Trinajstić information content (AvgIpc) is 3.11. The number of thiophene rings is 1. The second kappa shape index (κ2) is 7.88. The molecule has 1 aliphatic rings. The number of carbonyl (C=O) groups excluding carboxylic acids is 2. The minimum atomic E-state index is 0.0937. The molecule has 1 amide bonds. The van der Waals surface area contributed by atoms with E-state index in [1.165, 1.54) is 0 Å². The summed E-state index contributed by atoms with van der Waals surface area (Å²) in [5, 5.41) is 3.31. The SMILES string of the molecule is CCCN(C(=O)CCC(=O)c1cc(C)sc1C)C1CCNC1. The van der Waals surface area contributed by atoms with Crippen LogP contribution in [-0.2, 0) is 4.79 Å². The third-order valence-corrected chi connectivity index (χ3v) is 5.13. The summed E-state index contributed by atoms with van der Waals surface area (Å²) in [5.74, 6) is 0.213. The first-order valence-corrected chi connectivity index (χ1v) is 8.95. The van der Waals surface area contributed by atoms with Gasteiger partial charge in [0.15, 0.2) is 5.78 Å². The van der Waals surface area contributed by atoms with Crippen molar-refractivity contribution in [2.75, 3.05) is 19.6 Å². The van der Waals surface area contributed by atoms with Crippen LogP contribution in [0.1, 0.15) is 52.7 Å². The molecule has 0 saturated carbocycles. The van der Waals surface area contributed by atoms with E-state index in [1.54, 1.807) is 11.3 Å². The van der Waals surface area contributed by atoms with Crippen molar-refractivity contribution in [3.8, 4) is 0 Å². The highest BCUT2D eigenvalue weighted by atomic mass is 32.1. The third kappa shape index (κ3) is 4.17. The van der Waals surface area contributed by atoms with Gasteiger partial charge in [-0.15, -0.1) is 11.3 Å². The molecule has 0 aromatic carbocycles. The molecule has 1 aromatic rings. The smallest absolute Gasteiger partial charge is 0.223 e. The Morgan fingerprint density at radius 1 is 1.36 bits per heavy atom. The van der Waals surface area contributed by atoms with Gasteiger partial charge < -0.3 is 10.2 Å². The van der Waals surface area contributed by atoms with Crippen molar-refractivity contribution in [1.29, 1.82) is 0 Å². The normalized spacial score (nSPS) is 17.7. The maximum atomic E-state index is 12.5. The van der Waals surface area contributed by atoms with Gasteiger partial charge in [-0.3, -0.25) is 9.59 Å². The second-order valence-electron chi connectivity index (χ2n) is 5.98. The second-order valence-corrected chi connectivity index (χ2v) is 7.44. The van der Waals surface area contributed by atoms with Crippen LogP contribution >= 0.6 is 11.3 Å². The van der Waals surface area contributed by atoms with Gasteiger partial charge in [-0.25, -0.2) is 0 Å². The zero-order chi connectivity index (χ0) is 16.1. The van der Waals surface area contributed by atoms with E-state index in [2.05, 4.69) is 12.2 Å². The molecular formula is C17H26N2O2S. The van der Waals surface area contributed by atoms with Crippen LogP contribution < -0.4 is 5.32 Å². The molecule has 0 spiro atoms. The van der Waals surface area contributed by atoms with Crippen LogP contribution in [0.4, 0.5) is 0 Å². The number of hydrogen-bond acceptors (Lipinski definition) is 4. The Morgan fingerprint density at radius 2 is 2.14 bits per heavy atom. The summed E-state index contributed by atoms with van der Waals surface area (Å²) < 4.78 is 0. The van der Waals surface area contributed by atoms with Gasteiger partial charge in [0.05, 0.1) is 0 Å². The molecule has 0 radical (unpaired) electrons. The summed E-state index contributed by atoms with van der Waals surface area (Å²) in [4.78, 5) is 29.0. The molecule has 1 unspecified atom stereocenters. The number of aryl methyl sites for hydroxylation is 2. The number of carbonyl (C=O) groups is 2. The van der Waals surface area contributed by atoms with Crippen LogP contribution in [0.15, 0.2) is 6.07 Å². The van der Waals surface area contributed by atoms with E-state index >= 15 is 0 Å². The van der Waals surface area contributed by atoms with Gasteiger partial charge in [-0.1, -0.05) is 6.92 Å². The number of ketones is 1. The molecule has 1 N–H and O–H groups in total. The van der Waals surface area contributed by atoms with Gasteiger partial charge in [-0.2, -0.15) is 0 Å². The molecule has 122 valence electrons. The fourth-order valence-corrected chi connectivity index (χ4v) is 4.01. The summed E-state index contributed by atoms with van der Waals surface area (Å²) in [6.07, 6.45) is 2.61. The van der Waals surface area contributed by atoms with Crippen molar-refractivity contribution >= 4 is 23.0 Å². The predicted octanol–water partition coefficient (Wildman–Crippen LogP) is 2.93. The Labute approximate surface area is 136 Å². The van der Waals surface area contributed by atoms with Crippen molar-refractivity contribution in [2.24, 2.45) is 0 Å². The number of Topliss-reactive ketones (excluding diaryl/α,β-unsaturated/α-hetero) is 1. The topological polar surface area (TPSA) is 49.4 Å². The molecule has 0 bridgehead atoms. The quantitative estimate of drug-likeness (QED) is 0.785. The lowest BCUT2D eigenvalue weighted by atomic mass is 10.1. The van der Waals surface area contributed by atoms with Gasteiger partial charge in [0, 0.05) is 47.3 Å². The summed E-state index contributed by atoms with van der Waals surface area (Å²) in [5.41, 5.74) is 0.792. The first-order chi connectivity index (χ1) is 10.5. The number of nitrogens with one attached hydrogen (secondary N) is 1. The molecular weight excluding hydrogens is 296 g/mol. The van der Waals surface area contributed by atoms with Gasteiger partial charge in [0.25, 0.3) is 0 Å². The van der Waals surface area contributed by atoms with Crippen LogP contribution in [0.3, 0.4) is 0 Å². The molecule has 5 heteroatoms. The number of nitrogens with zero attached hydrogens (tertiary/aromatic N) is 1. The molecule has 1 atom stereocenters. The van der Waals surface area contributed by atoms with Crippen molar-refractivity contribution in [2.45, 2.75) is 52.5 Å². The molecule has 0 aliphatic carbocycles. The lowest BCUT2D eigenvalue weighted by molar-refractivity contribution is -0.133. The average molecular weight is 322 g/mol. The van der Waals surface area contributed by atoms with E-state index in [9.17, 15) is 9.59 Å². The third-order valence-electron chi connectivity index (χ3n) is 4.17. The number of rotatable bonds is 7. The van der Waals surface area contributed by atoms with Crippen molar-refractivity contribution in [1.82, 2.24) is 10.2 Å². The van der Waals surface area contributed by atoms with Crippen LogP contribution in [0.5, 0.6) is 0 Å². The molecule has 22 heavy (non-hydrogen) atoms. The molecule has 2 rings (SSSR count). The Kier molecular flexibility index (Phi) is 6.15. The van der Waals surface area contributed by atoms with E-state index in [4.69, 9.17) is 0 Å². The Hall–Kier alpha value is -1.20. The minimum absolute atomic E-state index is 0.0937. The summed E-state index contributed by atoms with van der Waals surface area (Å²) >= 11 is 1.64. The lowest BCUT2D eigenvalue weighted by Crippen LogP contribution is -2.42. The maximum absolute atomic E-state index is 12.5. The van der Waals surface area contributed by atoms with Crippen molar-refractivity contribution < 1.29 is 9.59 Å². The zero-order valence-electron chi connectivity index (χ0n) is 13.8. The van der Waals surface area contributed by atoms with Crippen molar-refractivity contribution in [3.05, 3.63) is 21.4 Å². The number of amides is 1. The van der Waals surface area contributed by atoms with E-state index in [1.807, 2.05) is 24.8 Å². The molecule has 2 heterocycles. The molecule has 1 aliphatic heterocycles. The molecule has 1 aromatic heterocycles. The fraction of sp³-hybridized carbons (Fsp3) is 0.647. The van der Waals surface area contributed by atoms with E-state index in [-0.39, 0.29) is 11.7 Å². The Morgan fingerprint density at radius 3 is 2.68 bits per heavy atom. The van der Waals surface area contributed by atoms with E-state index < -0.39 is 0 Å². The highest BCUT2D eigenvalue weighted by Gasteiger charge is 2.26. The van der Waals surface area contributed by atoms with Crippen LogP contribution in [0.25, 0.3) is 0 Å². The van der Waals surface area contributed by atoms with Crippen LogP contribution in [0, 0.1) is 13.8 Å². The van der Waals surface area contributed by atoms with E-state index in [0.717, 1.165) is 47.8 Å². The minimum Gasteiger partial charge on any atom is -0.338 e. The summed E-state index contributed by atoms with van der Waals surface area (Å²) in [7, 11) is 0. The monoisotopic (exact) mass is 322 g/mol. The van der Waals surface area contributed by atoms with Crippen LogP contribution in [-0.4, -0.2) is 42.3 Å². The standard InChI is InChI=1S/C17H26N2O2S/c1-4-9-19(14-7-8-18-11-14)17(21)6-5-16(20)15-10-12(2)22-13(15)3/h10,14,18H,4-9,11H2,1-3H3. The summed E-state index contributed by atoms with van der Waals surface area (Å²) in [6, 6.07) is 2.24.